The molecule has 0 bridgehead atoms. The first-order chi connectivity index (χ1) is 15.0. The van der Waals surface area contributed by atoms with Crippen LogP contribution < -0.4 is 0 Å². The van der Waals surface area contributed by atoms with Gasteiger partial charge in [-0.15, -0.1) is 0 Å². The van der Waals surface area contributed by atoms with E-state index in [-0.39, 0.29) is 6.61 Å². The lowest BCUT2D eigenvalue weighted by atomic mass is 9.84. The molecule has 6 atom stereocenters. The standard InChI is InChI=1S/C22H31NO9/c1-21(2,3)19(25)32-16-15-14(12-29-17(31-15)13-10-8-7-9-11-13)30-20(27-5)22(16,26)18(24)23(4)28-6/h7-11,14-17,20,26H,12H2,1-6H3/t14-,15-,16+,17?,20+,22-/m1/s1. The van der Waals surface area contributed by atoms with Crippen LogP contribution in [0.25, 0.3) is 0 Å². The Balaban J connectivity index is 2.03. The van der Waals surface area contributed by atoms with Crippen LogP contribution in [0.1, 0.15) is 32.6 Å². The topological polar surface area (TPSA) is 113 Å². The first kappa shape index (κ1) is 24.6. The Labute approximate surface area is 187 Å². The largest absolute Gasteiger partial charge is 0.455 e. The maximum Gasteiger partial charge on any atom is 0.311 e. The third-order valence-corrected chi connectivity index (χ3v) is 5.48. The first-order valence-electron chi connectivity index (χ1n) is 10.3. The predicted molar refractivity (Wildman–Crippen MR) is 110 cm³/mol. The van der Waals surface area contributed by atoms with E-state index in [9.17, 15) is 14.7 Å². The summed E-state index contributed by atoms with van der Waals surface area (Å²) in [6.07, 6.45) is -5.52. The molecule has 32 heavy (non-hydrogen) atoms. The van der Waals surface area contributed by atoms with E-state index in [0.29, 0.717) is 0 Å². The molecule has 0 aromatic heterocycles. The lowest BCUT2D eigenvalue weighted by molar-refractivity contribution is -0.379. The number of nitrogens with zero attached hydrogens (tertiary/aromatic N) is 1. The minimum Gasteiger partial charge on any atom is -0.455 e. The highest BCUT2D eigenvalue weighted by atomic mass is 16.8. The van der Waals surface area contributed by atoms with Crippen molar-refractivity contribution in [1.82, 2.24) is 5.06 Å². The molecule has 3 rings (SSSR count). The van der Waals surface area contributed by atoms with Crippen LogP contribution in [0.4, 0.5) is 0 Å². The quantitative estimate of drug-likeness (QED) is 0.519. The van der Waals surface area contributed by atoms with E-state index in [1.165, 1.54) is 21.3 Å². The Morgan fingerprint density at radius 1 is 1.16 bits per heavy atom. The molecule has 10 heteroatoms. The van der Waals surface area contributed by atoms with Crippen molar-refractivity contribution in [2.45, 2.75) is 57.3 Å². The predicted octanol–water partition coefficient (Wildman–Crippen LogP) is 1.18. The molecule has 0 aliphatic carbocycles. The number of rotatable bonds is 5. The molecule has 0 radical (unpaired) electrons. The molecule has 1 amide bonds. The third-order valence-electron chi connectivity index (χ3n) is 5.48. The minimum absolute atomic E-state index is 0.0675. The lowest BCUT2D eigenvalue weighted by Crippen LogP contribution is -2.74. The number of aliphatic hydroxyl groups is 1. The number of benzene rings is 1. The number of hydrogen-bond acceptors (Lipinski definition) is 9. The van der Waals surface area contributed by atoms with Gasteiger partial charge in [-0.1, -0.05) is 30.3 Å². The summed E-state index contributed by atoms with van der Waals surface area (Å²) >= 11 is 0. The van der Waals surface area contributed by atoms with Gasteiger partial charge in [0.1, 0.15) is 12.2 Å². The van der Waals surface area contributed by atoms with Gasteiger partial charge >= 0.3 is 5.97 Å². The molecule has 10 nitrogen and oxygen atoms in total. The maximum atomic E-state index is 13.2. The SMILES string of the molecule is CO[C@H]1O[C@@H]2COC(c3ccccc3)O[C@H]2[C@H](OC(=O)C(C)(C)C)[C@@]1(O)C(=O)N(C)OC. The second-order valence-corrected chi connectivity index (χ2v) is 8.81. The number of hydrogen-bond donors (Lipinski definition) is 1. The van der Waals surface area contributed by atoms with Crippen molar-refractivity contribution in [3.63, 3.8) is 0 Å². The van der Waals surface area contributed by atoms with Crippen LogP contribution >= 0.6 is 0 Å². The fourth-order valence-electron chi connectivity index (χ4n) is 3.60. The molecule has 178 valence electrons. The second-order valence-electron chi connectivity index (χ2n) is 8.81. The van der Waals surface area contributed by atoms with Crippen LogP contribution in [-0.2, 0) is 38.1 Å². The summed E-state index contributed by atoms with van der Waals surface area (Å²) in [5, 5.41) is 12.5. The van der Waals surface area contributed by atoms with Crippen LogP contribution in [0.3, 0.4) is 0 Å². The maximum absolute atomic E-state index is 13.2. The van der Waals surface area contributed by atoms with E-state index in [4.69, 9.17) is 28.5 Å². The molecule has 2 aliphatic heterocycles. The highest BCUT2D eigenvalue weighted by Crippen LogP contribution is 2.41. The van der Waals surface area contributed by atoms with Crippen molar-refractivity contribution >= 4 is 11.9 Å². The fraction of sp³-hybridized carbons (Fsp3) is 0.636. The van der Waals surface area contributed by atoms with E-state index in [2.05, 4.69) is 0 Å². The Bertz CT molecular complexity index is 811. The number of carbonyl (C=O) groups is 2. The molecule has 2 saturated heterocycles. The van der Waals surface area contributed by atoms with Crippen LogP contribution in [-0.4, -0.2) is 80.1 Å². The molecule has 1 unspecified atom stereocenters. The Hall–Kier alpha value is -2.08. The highest BCUT2D eigenvalue weighted by molar-refractivity contribution is 5.86. The zero-order chi connectivity index (χ0) is 23.7. The van der Waals surface area contributed by atoms with Gasteiger partial charge in [-0.25, -0.2) is 5.06 Å². The zero-order valence-electron chi connectivity index (χ0n) is 19.1. The van der Waals surface area contributed by atoms with Crippen LogP contribution in [0.5, 0.6) is 0 Å². The van der Waals surface area contributed by atoms with E-state index in [1.807, 2.05) is 30.3 Å². The molecule has 2 fully saturated rings. The number of hydroxylamine groups is 2. The average Bonchev–Trinajstić information content (AvgIpc) is 2.79. The summed E-state index contributed by atoms with van der Waals surface area (Å²) in [5.74, 6) is -1.54. The van der Waals surface area contributed by atoms with Crippen molar-refractivity contribution in [1.29, 1.82) is 0 Å². The molecule has 2 aliphatic rings. The third kappa shape index (κ3) is 4.52. The van der Waals surface area contributed by atoms with Gasteiger partial charge in [0.25, 0.3) is 5.91 Å². The summed E-state index contributed by atoms with van der Waals surface area (Å²) in [6, 6.07) is 9.15. The summed E-state index contributed by atoms with van der Waals surface area (Å²) in [4.78, 5) is 31.0. The van der Waals surface area contributed by atoms with Crippen molar-refractivity contribution in [2.24, 2.45) is 5.41 Å². The number of fused-ring (bicyclic) bond motifs is 1. The number of carbonyl (C=O) groups excluding carboxylic acids is 2. The summed E-state index contributed by atoms with van der Waals surface area (Å²) in [6.45, 7) is 5.07. The normalized spacial score (nSPS) is 32.7. The van der Waals surface area contributed by atoms with Crippen LogP contribution in [0.15, 0.2) is 30.3 Å². The first-order valence-corrected chi connectivity index (χ1v) is 10.3. The van der Waals surface area contributed by atoms with Crippen molar-refractivity contribution in [3.8, 4) is 0 Å². The minimum atomic E-state index is -2.44. The number of amides is 1. The van der Waals surface area contributed by atoms with Gasteiger partial charge in [0.05, 0.1) is 19.1 Å². The summed E-state index contributed by atoms with van der Waals surface area (Å²) in [5.41, 5.74) is -2.62. The van der Waals surface area contributed by atoms with E-state index >= 15 is 0 Å². The number of ether oxygens (including phenoxy) is 5. The van der Waals surface area contributed by atoms with Gasteiger partial charge in [-0.3, -0.25) is 14.4 Å². The summed E-state index contributed by atoms with van der Waals surface area (Å²) < 4.78 is 28.8. The van der Waals surface area contributed by atoms with Crippen LogP contribution in [0, 0.1) is 5.41 Å². The number of methoxy groups -OCH3 is 1. The molecule has 1 N–H and O–H groups in total. The van der Waals surface area contributed by atoms with Crippen molar-refractivity contribution in [3.05, 3.63) is 35.9 Å². The Morgan fingerprint density at radius 2 is 1.81 bits per heavy atom. The number of esters is 1. The van der Waals surface area contributed by atoms with Gasteiger partial charge in [0, 0.05) is 19.7 Å². The van der Waals surface area contributed by atoms with Crippen LogP contribution in [0.2, 0.25) is 0 Å². The fourth-order valence-corrected chi connectivity index (χ4v) is 3.60. The van der Waals surface area contributed by atoms with Gasteiger partial charge in [0.2, 0.25) is 5.60 Å². The molecular formula is C22H31NO9. The smallest absolute Gasteiger partial charge is 0.311 e. The van der Waals surface area contributed by atoms with Gasteiger partial charge in [0.15, 0.2) is 18.7 Å². The van der Waals surface area contributed by atoms with Crippen molar-refractivity contribution < 1.29 is 43.2 Å². The van der Waals surface area contributed by atoms with Gasteiger partial charge in [-0.05, 0) is 20.8 Å². The van der Waals surface area contributed by atoms with E-state index < -0.39 is 53.8 Å². The van der Waals surface area contributed by atoms with E-state index in [0.717, 1.165) is 10.6 Å². The van der Waals surface area contributed by atoms with Gasteiger partial charge in [-0.2, -0.15) is 0 Å². The second kappa shape index (κ2) is 9.42. The molecule has 0 spiro atoms. The molecule has 1 aromatic rings. The number of likely N-dealkylation sites (N-methyl/N-ethyl adjacent to an activating group) is 1. The highest BCUT2D eigenvalue weighted by Gasteiger charge is 2.65. The monoisotopic (exact) mass is 453 g/mol. The van der Waals surface area contributed by atoms with E-state index in [1.54, 1.807) is 20.8 Å². The summed E-state index contributed by atoms with van der Waals surface area (Å²) in [7, 11) is 3.86. The molecule has 1 aromatic carbocycles. The Morgan fingerprint density at radius 3 is 2.38 bits per heavy atom. The van der Waals surface area contributed by atoms with Gasteiger partial charge < -0.3 is 28.8 Å². The molecule has 0 saturated carbocycles. The lowest BCUT2D eigenvalue weighted by Gasteiger charge is -2.52. The molecule has 2 heterocycles. The molecular weight excluding hydrogens is 422 g/mol. The average molecular weight is 453 g/mol. The Kier molecular flexibility index (Phi) is 7.23. The van der Waals surface area contributed by atoms with Crippen molar-refractivity contribution in [2.75, 3.05) is 27.9 Å². The zero-order valence-corrected chi connectivity index (χ0v) is 19.1.